The van der Waals surface area contributed by atoms with Crippen molar-refractivity contribution >= 4 is 5.69 Å². The molecule has 3 aromatic rings. The number of nitro benzene ring substituents is 1. The molecule has 34 heavy (non-hydrogen) atoms. The average Bonchev–Trinajstić information content (AvgIpc) is 2.89. The number of hydrogen-bond donors (Lipinski definition) is 0. The zero-order chi connectivity index (χ0) is 23.6. The molecule has 0 aromatic heterocycles. The molecule has 6 nitrogen and oxygen atoms in total. The van der Waals surface area contributed by atoms with Crippen molar-refractivity contribution in [3.63, 3.8) is 0 Å². The minimum Gasteiger partial charge on any atom is -0.483 e. The van der Waals surface area contributed by atoms with Gasteiger partial charge in [0.25, 0.3) is 0 Å². The first-order valence-electron chi connectivity index (χ1n) is 11.7. The van der Waals surface area contributed by atoms with Gasteiger partial charge in [-0.15, -0.1) is 0 Å². The smallest absolute Gasteiger partial charge is 0.310 e. The predicted octanol–water partition coefficient (Wildman–Crippen LogP) is 5.80. The summed E-state index contributed by atoms with van der Waals surface area (Å²) in [5.41, 5.74) is 2.35. The van der Waals surface area contributed by atoms with Crippen molar-refractivity contribution < 1.29 is 14.4 Å². The van der Waals surface area contributed by atoms with Crippen LogP contribution in [-0.4, -0.2) is 42.2 Å². The number of nitro groups is 1. The molecule has 0 atom stereocenters. The highest BCUT2D eigenvalue weighted by Gasteiger charge is 2.24. The topological polar surface area (TPSA) is 64.8 Å². The van der Waals surface area contributed by atoms with Crippen LogP contribution in [0.5, 0.6) is 5.75 Å². The van der Waals surface area contributed by atoms with Crippen LogP contribution in [0.3, 0.4) is 0 Å². The Kier molecular flexibility index (Phi) is 8.43. The number of likely N-dealkylation sites (tertiary alicyclic amines) is 1. The van der Waals surface area contributed by atoms with Crippen molar-refractivity contribution in [1.82, 2.24) is 4.90 Å². The molecule has 0 unspecified atom stereocenters. The summed E-state index contributed by atoms with van der Waals surface area (Å²) in [5.74, 6) is 0.293. The zero-order valence-corrected chi connectivity index (χ0v) is 19.2. The maximum absolute atomic E-state index is 11.1. The summed E-state index contributed by atoms with van der Waals surface area (Å²) in [4.78, 5) is 13.0. The van der Waals surface area contributed by atoms with Gasteiger partial charge in [0.2, 0.25) is 0 Å². The van der Waals surface area contributed by atoms with Gasteiger partial charge in [-0.25, -0.2) is 0 Å². The minimum absolute atomic E-state index is 0.0118. The zero-order valence-electron chi connectivity index (χ0n) is 19.2. The molecule has 0 spiro atoms. The molecule has 0 amide bonds. The third-order valence-corrected chi connectivity index (χ3v) is 6.00. The van der Waals surface area contributed by atoms with E-state index in [4.69, 9.17) is 9.47 Å². The first-order chi connectivity index (χ1) is 16.7. The van der Waals surface area contributed by atoms with Crippen LogP contribution in [-0.2, 0) is 4.74 Å². The van der Waals surface area contributed by atoms with Crippen LogP contribution in [0.25, 0.3) is 0 Å². The number of hydrogen-bond acceptors (Lipinski definition) is 5. The van der Waals surface area contributed by atoms with Crippen LogP contribution in [0.1, 0.15) is 30.1 Å². The summed E-state index contributed by atoms with van der Waals surface area (Å²) in [6.07, 6.45) is 6.10. The van der Waals surface area contributed by atoms with E-state index in [1.807, 2.05) is 18.2 Å². The van der Waals surface area contributed by atoms with Crippen LogP contribution < -0.4 is 4.74 Å². The van der Waals surface area contributed by atoms with Crippen LogP contribution in [0.2, 0.25) is 0 Å². The molecule has 6 heteroatoms. The van der Waals surface area contributed by atoms with Gasteiger partial charge >= 0.3 is 5.69 Å². The third-order valence-electron chi connectivity index (χ3n) is 6.00. The first-order valence-corrected chi connectivity index (χ1v) is 11.7. The summed E-state index contributed by atoms with van der Waals surface area (Å²) in [5, 5.41) is 11.1. The lowest BCUT2D eigenvalue weighted by Crippen LogP contribution is -2.37. The van der Waals surface area contributed by atoms with Gasteiger partial charge in [-0.1, -0.05) is 84.9 Å². The minimum atomic E-state index is -0.425. The van der Waals surface area contributed by atoms with Crippen LogP contribution in [0.4, 0.5) is 5.69 Å². The van der Waals surface area contributed by atoms with Gasteiger partial charge in [-0.05, 0) is 30.0 Å². The Hall–Kier alpha value is -3.48. The Morgan fingerprint density at radius 2 is 1.47 bits per heavy atom. The Labute approximate surface area is 200 Å². The second-order valence-electron chi connectivity index (χ2n) is 8.34. The largest absolute Gasteiger partial charge is 0.483 e. The molecule has 0 bridgehead atoms. The average molecular weight is 459 g/mol. The number of ether oxygens (including phenoxy) is 2. The monoisotopic (exact) mass is 458 g/mol. The molecular formula is C28H30N2O4. The van der Waals surface area contributed by atoms with Gasteiger partial charge in [-0.2, -0.15) is 0 Å². The summed E-state index contributed by atoms with van der Waals surface area (Å²) < 4.78 is 12.2. The van der Waals surface area contributed by atoms with E-state index in [0.717, 1.165) is 32.5 Å². The van der Waals surface area contributed by atoms with E-state index < -0.39 is 4.92 Å². The Balaban J connectivity index is 1.24. The van der Waals surface area contributed by atoms with Gasteiger partial charge in [0.05, 0.1) is 11.0 Å². The van der Waals surface area contributed by atoms with Crippen LogP contribution in [0, 0.1) is 10.1 Å². The van der Waals surface area contributed by atoms with Gasteiger partial charge < -0.3 is 9.47 Å². The van der Waals surface area contributed by atoms with E-state index in [1.54, 1.807) is 18.2 Å². The van der Waals surface area contributed by atoms with Crippen molar-refractivity contribution in [2.24, 2.45) is 0 Å². The maximum atomic E-state index is 11.1. The molecule has 3 aromatic carbocycles. The van der Waals surface area contributed by atoms with Crippen molar-refractivity contribution in [3.8, 4) is 5.75 Å². The molecule has 1 fully saturated rings. The Morgan fingerprint density at radius 1 is 0.882 bits per heavy atom. The fourth-order valence-electron chi connectivity index (χ4n) is 4.19. The standard InChI is InChI=1S/C28H30N2O4/c31-30(32)26-15-7-8-16-27(26)33-22-10-9-19-29-20-17-25(18-21-29)34-28(23-11-3-1-4-12-23)24-13-5-2-6-14-24/h1-16,25,28H,17-22H2/b10-9+. The van der Waals surface area contributed by atoms with E-state index in [-0.39, 0.29) is 17.9 Å². The molecule has 0 aliphatic carbocycles. The van der Waals surface area contributed by atoms with Crippen LogP contribution in [0.15, 0.2) is 97.1 Å². The molecule has 1 heterocycles. The van der Waals surface area contributed by atoms with Gasteiger partial charge in [0.15, 0.2) is 5.75 Å². The summed E-state index contributed by atoms with van der Waals surface area (Å²) >= 11 is 0. The van der Waals surface area contributed by atoms with Crippen molar-refractivity contribution in [1.29, 1.82) is 0 Å². The van der Waals surface area contributed by atoms with Crippen molar-refractivity contribution in [2.45, 2.75) is 25.0 Å². The lowest BCUT2D eigenvalue weighted by Gasteiger charge is -2.33. The maximum Gasteiger partial charge on any atom is 0.310 e. The van der Waals surface area contributed by atoms with Crippen molar-refractivity contribution in [3.05, 3.63) is 118 Å². The molecule has 4 rings (SSSR count). The third kappa shape index (κ3) is 6.53. The molecule has 0 N–H and O–H groups in total. The summed E-state index contributed by atoms with van der Waals surface area (Å²) in [6.45, 7) is 3.07. The quantitative estimate of drug-likeness (QED) is 0.218. The summed E-state index contributed by atoms with van der Waals surface area (Å²) in [7, 11) is 0. The second-order valence-corrected chi connectivity index (χ2v) is 8.34. The number of para-hydroxylation sites is 2. The normalized spacial score (nSPS) is 15.1. The lowest BCUT2D eigenvalue weighted by atomic mass is 10.00. The second kappa shape index (κ2) is 12.1. The fourth-order valence-corrected chi connectivity index (χ4v) is 4.19. The highest BCUT2D eigenvalue weighted by atomic mass is 16.6. The molecule has 0 saturated carbocycles. The highest BCUT2D eigenvalue weighted by Crippen LogP contribution is 2.30. The lowest BCUT2D eigenvalue weighted by molar-refractivity contribution is -0.385. The number of rotatable bonds is 10. The van der Waals surface area contributed by atoms with Crippen molar-refractivity contribution in [2.75, 3.05) is 26.2 Å². The first kappa shape index (κ1) is 23.7. The highest BCUT2D eigenvalue weighted by molar-refractivity contribution is 5.45. The molecule has 1 saturated heterocycles. The van der Waals surface area contributed by atoms with E-state index in [2.05, 4.69) is 59.5 Å². The Morgan fingerprint density at radius 3 is 2.09 bits per heavy atom. The fraction of sp³-hybridized carbons (Fsp3) is 0.286. The van der Waals surface area contributed by atoms with E-state index >= 15 is 0 Å². The molecular weight excluding hydrogens is 428 g/mol. The van der Waals surface area contributed by atoms with Gasteiger partial charge in [0, 0.05) is 25.7 Å². The molecule has 176 valence electrons. The van der Waals surface area contributed by atoms with E-state index in [0.29, 0.717) is 12.4 Å². The number of piperidine rings is 1. The molecule has 1 aliphatic rings. The number of nitrogens with zero attached hydrogens (tertiary/aromatic N) is 2. The predicted molar refractivity (Wildman–Crippen MR) is 133 cm³/mol. The van der Waals surface area contributed by atoms with Crippen LogP contribution >= 0.6 is 0 Å². The number of benzene rings is 3. The van der Waals surface area contributed by atoms with E-state index in [9.17, 15) is 10.1 Å². The Bertz CT molecular complexity index is 1020. The molecule has 1 aliphatic heterocycles. The van der Waals surface area contributed by atoms with Gasteiger partial charge in [0.1, 0.15) is 12.7 Å². The SMILES string of the molecule is O=[N+]([O-])c1ccccc1OC/C=C/CN1CCC(OC(c2ccccc2)c2ccccc2)CC1. The summed E-state index contributed by atoms with van der Waals surface area (Å²) in [6, 6.07) is 27.3. The van der Waals surface area contributed by atoms with E-state index in [1.165, 1.54) is 17.2 Å². The van der Waals surface area contributed by atoms with Gasteiger partial charge in [-0.3, -0.25) is 15.0 Å². The molecule has 0 radical (unpaired) electrons.